The van der Waals surface area contributed by atoms with E-state index in [1.807, 2.05) is 11.5 Å². The molecule has 0 aliphatic rings. The molecule has 0 spiro atoms. The zero-order chi connectivity index (χ0) is 11.0. The molecule has 1 heterocycles. The molecule has 3 nitrogen and oxygen atoms in total. The molecule has 2 rings (SSSR count). The fraction of sp³-hybridized carbons (Fsp3) is 0.100. The van der Waals surface area contributed by atoms with E-state index in [1.165, 1.54) is 0 Å². The normalized spacial score (nSPS) is 10.6. The van der Waals surface area contributed by atoms with Crippen LogP contribution in [0.25, 0.3) is 5.69 Å². The minimum atomic E-state index is 0.515. The number of hydrogen-bond acceptors (Lipinski definition) is 2. The number of nitrogens with zero attached hydrogens (tertiary/aromatic N) is 2. The summed E-state index contributed by atoms with van der Waals surface area (Å²) in [4.78, 5) is 4.11. The Kier molecular flexibility index (Phi) is 2.59. The van der Waals surface area contributed by atoms with E-state index in [1.54, 1.807) is 24.5 Å². The summed E-state index contributed by atoms with van der Waals surface area (Å²) in [6.07, 6.45) is 3.50. The molecule has 2 aromatic rings. The van der Waals surface area contributed by atoms with Gasteiger partial charge in [-0.3, -0.25) is 0 Å². The molecule has 2 N–H and O–H groups in total. The van der Waals surface area contributed by atoms with Crippen molar-refractivity contribution in [3.8, 4) is 5.69 Å². The first-order valence-corrected chi connectivity index (χ1v) is 5.10. The molecule has 78 valence electrons. The number of aromatic nitrogens is 2. The summed E-state index contributed by atoms with van der Waals surface area (Å²) < 4.78 is 1.82. The lowest BCUT2D eigenvalue weighted by Crippen LogP contribution is -1.99. The molecule has 0 fully saturated rings. The predicted molar refractivity (Wildman–Crippen MR) is 62.7 cm³/mol. The molecular formula is C10H9Cl2N3. The van der Waals surface area contributed by atoms with Crippen LogP contribution in [0.1, 0.15) is 5.82 Å². The van der Waals surface area contributed by atoms with E-state index < -0.39 is 0 Å². The van der Waals surface area contributed by atoms with Crippen molar-refractivity contribution in [1.29, 1.82) is 0 Å². The van der Waals surface area contributed by atoms with Crippen molar-refractivity contribution in [2.75, 3.05) is 5.73 Å². The van der Waals surface area contributed by atoms with Crippen LogP contribution >= 0.6 is 23.2 Å². The van der Waals surface area contributed by atoms with E-state index in [0.29, 0.717) is 21.4 Å². The van der Waals surface area contributed by atoms with Crippen molar-refractivity contribution < 1.29 is 0 Å². The summed E-state index contributed by atoms with van der Waals surface area (Å²) in [5.41, 5.74) is 6.88. The maximum Gasteiger partial charge on any atom is 0.110 e. The van der Waals surface area contributed by atoms with Gasteiger partial charge in [0.25, 0.3) is 0 Å². The van der Waals surface area contributed by atoms with Gasteiger partial charge in [0, 0.05) is 18.1 Å². The number of aryl methyl sites for hydroxylation is 1. The van der Waals surface area contributed by atoms with Crippen molar-refractivity contribution in [3.05, 3.63) is 40.4 Å². The van der Waals surface area contributed by atoms with Gasteiger partial charge >= 0.3 is 0 Å². The fourth-order valence-electron chi connectivity index (χ4n) is 1.43. The molecule has 0 amide bonds. The number of nitrogen functional groups attached to an aromatic ring is 1. The number of halogens is 2. The van der Waals surface area contributed by atoms with E-state index in [-0.39, 0.29) is 0 Å². The zero-order valence-electron chi connectivity index (χ0n) is 8.04. The van der Waals surface area contributed by atoms with Gasteiger partial charge in [-0.2, -0.15) is 0 Å². The van der Waals surface area contributed by atoms with Crippen molar-refractivity contribution in [3.63, 3.8) is 0 Å². The van der Waals surface area contributed by atoms with E-state index in [0.717, 1.165) is 5.82 Å². The summed E-state index contributed by atoms with van der Waals surface area (Å²) in [5.74, 6) is 0.823. The Labute approximate surface area is 97.4 Å². The third kappa shape index (κ3) is 1.80. The first-order valence-electron chi connectivity index (χ1n) is 4.34. The SMILES string of the molecule is Cc1nccn1-c1c(Cl)cc(N)cc1Cl. The summed E-state index contributed by atoms with van der Waals surface area (Å²) in [6.45, 7) is 1.88. The van der Waals surface area contributed by atoms with Crippen LogP contribution in [0, 0.1) is 6.92 Å². The molecule has 5 heteroatoms. The molecule has 0 radical (unpaired) electrons. The minimum absolute atomic E-state index is 0.515. The van der Waals surface area contributed by atoms with Gasteiger partial charge in [-0.1, -0.05) is 23.2 Å². The molecule has 0 aliphatic heterocycles. The summed E-state index contributed by atoms with van der Waals surface area (Å²) in [6, 6.07) is 3.34. The highest BCUT2D eigenvalue weighted by molar-refractivity contribution is 6.38. The summed E-state index contributed by atoms with van der Waals surface area (Å²) >= 11 is 12.2. The standard InChI is InChI=1S/C10H9Cl2N3/c1-6-14-2-3-15(6)10-8(11)4-7(13)5-9(10)12/h2-5H,13H2,1H3. The number of anilines is 1. The monoisotopic (exact) mass is 241 g/mol. The average molecular weight is 242 g/mol. The molecule has 1 aromatic heterocycles. The Hall–Kier alpha value is -1.19. The van der Waals surface area contributed by atoms with Crippen LogP contribution in [0.2, 0.25) is 10.0 Å². The average Bonchev–Trinajstić information content (AvgIpc) is 2.50. The van der Waals surface area contributed by atoms with Gasteiger partial charge in [0.15, 0.2) is 0 Å². The zero-order valence-corrected chi connectivity index (χ0v) is 9.55. The predicted octanol–water partition coefficient (Wildman–Crippen LogP) is 3.07. The van der Waals surface area contributed by atoms with Gasteiger partial charge < -0.3 is 10.3 Å². The maximum absolute atomic E-state index is 6.09. The minimum Gasteiger partial charge on any atom is -0.399 e. The maximum atomic E-state index is 6.09. The Morgan fingerprint density at radius 3 is 2.33 bits per heavy atom. The highest BCUT2D eigenvalue weighted by Gasteiger charge is 2.10. The number of nitrogens with two attached hydrogens (primary N) is 1. The van der Waals surface area contributed by atoms with Crippen LogP contribution in [0.5, 0.6) is 0 Å². The van der Waals surface area contributed by atoms with E-state index in [4.69, 9.17) is 28.9 Å². The van der Waals surface area contributed by atoms with E-state index in [2.05, 4.69) is 4.98 Å². The van der Waals surface area contributed by atoms with Crippen LogP contribution < -0.4 is 5.73 Å². The van der Waals surface area contributed by atoms with E-state index >= 15 is 0 Å². The molecule has 0 atom stereocenters. The van der Waals surface area contributed by atoms with Crippen molar-refractivity contribution >= 4 is 28.9 Å². The Bertz CT molecular complexity index is 482. The van der Waals surface area contributed by atoms with Gasteiger partial charge in [0.2, 0.25) is 0 Å². The Balaban J connectivity index is 2.68. The lowest BCUT2D eigenvalue weighted by molar-refractivity contribution is 0.975. The van der Waals surface area contributed by atoms with Crippen molar-refractivity contribution in [2.24, 2.45) is 0 Å². The molecule has 1 aromatic carbocycles. The largest absolute Gasteiger partial charge is 0.399 e. The van der Waals surface area contributed by atoms with Gasteiger partial charge in [-0.15, -0.1) is 0 Å². The topological polar surface area (TPSA) is 43.8 Å². The number of hydrogen-bond donors (Lipinski definition) is 1. The Morgan fingerprint density at radius 1 is 1.27 bits per heavy atom. The second kappa shape index (κ2) is 3.76. The molecule has 0 saturated heterocycles. The van der Waals surface area contributed by atoms with Gasteiger partial charge in [-0.25, -0.2) is 4.98 Å². The van der Waals surface area contributed by atoms with Crippen LogP contribution in [0.4, 0.5) is 5.69 Å². The lowest BCUT2D eigenvalue weighted by Gasteiger charge is -2.10. The molecule has 0 bridgehead atoms. The van der Waals surface area contributed by atoms with Crippen molar-refractivity contribution in [1.82, 2.24) is 9.55 Å². The van der Waals surface area contributed by atoms with Crippen LogP contribution in [0.15, 0.2) is 24.5 Å². The summed E-state index contributed by atoms with van der Waals surface area (Å²) in [7, 11) is 0. The van der Waals surface area contributed by atoms with E-state index in [9.17, 15) is 0 Å². The first-order chi connectivity index (χ1) is 7.09. The van der Waals surface area contributed by atoms with Gasteiger partial charge in [-0.05, 0) is 19.1 Å². The first kappa shape index (κ1) is 10.3. The highest BCUT2D eigenvalue weighted by Crippen LogP contribution is 2.31. The molecular weight excluding hydrogens is 233 g/mol. The third-order valence-corrected chi connectivity index (χ3v) is 2.68. The third-order valence-electron chi connectivity index (χ3n) is 2.11. The molecule has 15 heavy (non-hydrogen) atoms. The van der Waals surface area contributed by atoms with Crippen molar-refractivity contribution in [2.45, 2.75) is 6.92 Å². The van der Waals surface area contributed by atoms with Gasteiger partial charge in [0.1, 0.15) is 5.82 Å². The smallest absolute Gasteiger partial charge is 0.110 e. The van der Waals surface area contributed by atoms with Gasteiger partial charge in [0.05, 0.1) is 15.7 Å². The molecule has 0 aliphatic carbocycles. The Morgan fingerprint density at radius 2 is 1.87 bits per heavy atom. The number of benzene rings is 1. The second-order valence-corrected chi connectivity index (χ2v) is 3.99. The summed E-state index contributed by atoms with van der Waals surface area (Å²) in [5, 5.41) is 1.03. The quantitative estimate of drug-likeness (QED) is 0.781. The number of imidazole rings is 1. The van der Waals surface area contributed by atoms with Crippen LogP contribution in [0.3, 0.4) is 0 Å². The molecule has 0 saturated carbocycles. The molecule has 0 unspecified atom stereocenters. The fourth-order valence-corrected chi connectivity index (χ4v) is 2.12. The second-order valence-electron chi connectivity index (χ2n) is 3.18. The highest BCUT2D eigenvalue weighted by atomic mass is 35.5. The van der Waals surface area contributed by atoms with Crippen LogP contribution in [-0.2, 0) is 0 Å². The van der Waals surface area contributed by atoms with Crippen LogP contribution in [-0.4, -0.2) is 9.55 Å². The number of rotatable bonds is 1. The lowest BCUT2D eigenvalue weighted by atomic mass is 10.2.